The van der Waals surface area contributed by atoms with E-state index in [1.807, 2.05) is 24.4 Å². The van der Waals surface area contributed by atoms with Crippen LogP contribution in [0.15, 0.2) is 71.8 Å². The molecule has 1 heterocycles. The van der Waals surface area contributed by atoms with Crippen molar-refractivity contribution in [3.05, 3.63) is 83.4 Å². The van der Waals surface area contributed by atoms with Gasteiger partial charge in [0.05, 0.1) is 26.5 Å². The molecule has 5 nitrogen and oxygen atoms in total. The molecule has 1 aliphatic heterocycles. The van der Waals surface area contributed by atoms with Gasteiger partial charge >= 0.3 is 0 Å². The van der Waals surface area contributed by atoms with Crippen molar-refractivity contribution in [2.45, 2.75) is 6.04 Å². The van der Waals surface area contributed by atoms with E-state index >= 15 is 0 Å². The highest BCUT2D eigenvalue weighted by Crippen LogP contribution is 2.46. The first-order chi connectivity index (χ1) is 15.3. The summed E-state index contributed by atoms with van der Waals surface area (Å²) in [5.41, 5.74) is 6.49. The van der Waals surface area contributed by atoms with E-state index in [-0.39, 0.29) is 0 Å². The van der Waals surface area contributed by atoms with Crippen molar-refractivity contribution in [2.24, 2.45) is 5.10 Å². The van der Waals surface area contributed by atoms with Gasteiger partial charge in [-0.05, 0) is 40.5 Å². The summed E-state index contributed by atoms with van der Waals surface area (Å²) < 4.78 is 10.8. The fourth-order valence-electron chi connectivity index (χ4n) is 4.69. The highest BCUT2D eigenvalue weighted by molar-refractivity contribution is 5.84. The molecule has 3 aromatic carbocycles. The highest BCUT2D eigenvalue weighted by atomic mass is 16.5. The molecule has 0 saturated carbocycles. The number of benzene rings is 3. The molecule has 1 aliphatic carbocycles. The Hall–Kier alpha value is -3.31. The number of rotatable bonds is 5. The van der Waals surface area contributed by atoms with E-state index in [0.29, 0.717) is 6.04 Å². The third-order valence-corrected chi connectivity index (χ3v) is 6.25. The molecule has 5 heteroatoms. The number of hydrogen-bond donors (Lipinski definition) is 0. The molecule has 0 radical (unpaired) electrons. The number of methoxy groups -OCH3 is 2. The van der Waals surface area contributed by atoms with Gasteiger partial charge in [0, 0.05) is 31.7 Å². The number of piperazine rings is 1. The second-order valence-corrected chi connectivity index (χ2v) is 7.92. The molecule has 31 heavy (non-hydrogen) atoms. The van der Waals surface area contributed by atoms with Crippen molar-refractivity contribution in [1.82, 2.24) is 9.91 Å². The lowest BCUT2D eigenvalue weighted by Gasteiger charge is -2.37. The van der Waals surface area contributed by atoms with Gasteiger partial charge in [-0.1, -0.05) is 48.5 Å². The van der Waals surface area contributed by atoms with Crippen LogP contribution in [0.1, 0.15) is 22.7 Å². The van der Waals surface area contributed by atoms with Gasteiger partial charge in [0.2, 0.25) is 0 Å². The Balaban J connectivity index is 1.31. The number of hydrazone groups is 1. The van der Waals surface area contributed by atoms with Crippen LogP contribution in [-0.2, 0) is 0 Å². The molecule has 0 aromatic heterocycles. The van der Waals surface area contributed by atoms with E-state index < -0.39 is 0 Å². The average Bonchev–Trinajstić information content (AvgIpc) is 3.17. The fraction of sp³-hybridized carbons (Fsp3) is 0.269. The van der Waals surface area contributed by atoms with Crippen LogP contribution in [0.25, 0.3) is 11.1 Å². The minimum absolute atomic E-state index is 0.331. The van der Waals surface area contributed by atoms with E-state index in [1.54, 1.807) is 14.2 Å². The second kappa shape index (κ2) is 8.44. The van der Waals surface area contributed by atoms with Gasteiger partial charge in [0.1, 0.15) is 11.5 Å². The summed E-state index contributed by atoms with van der Waals surface area (Å²) in [5.74, 6) is 1.59. The minimum atomic E-state index is 0.331. The molecule has 0 spiro atoms. The van der Waals surface area contributed by atoms with Crippen LogP contribution in [0, 0.1) is 0 Å². The number of fused-ring (bicyclic) bond motifs is 3. The van der Waals surface area contributed by atoms with Gasteiger partial charge < -0.3 is 9.47 Å². The molecular weight excluding hydrogens is 386 g/mol. The van der Waals surface area contributed by atoms with Gasteiger partial charge in [-0.25, -0.2) is 0 Å². The zero-order valence-corrected chi connectivity index (χ0v) is 18.0. The van der Waals surface area contributed by atoms with Gasteiger partial charge in [-0.15, -0.1) is 0 Å². The summed E-state index contributed by atoms with van der Waals surface area (Å²) in [4.78, 5) is 2.59. The second-order valence-electron chi connectivity index (χ2n) is 7.92. The quantitative estimate of drug-likeness (QED) is 0.580. The van der Waals surface area contributed by atoms with Gasteiger partial charge in [0.15, 0.2) is 0 Å². The molecule has 3 aromatic rings. The maximum Gasteiger partial charge on any atom is 0.127 e. The van der Waals surface area contributed by atoms with E-state index in [9.17, 15) is 0 Å². The maximum absolute atomic E-state index is 5.46. The van der Waals surface area contributed by atoms with Gasteiger partial charge in [-0.3, -0.25) is 9.91 Å². The zero-order chi connectivity index (χ0) is 21.2. The summed E-state index contributed by atoms with van der Waals surface area (Å²) in [6.07, 6.45) is 1.87. The third-order valence-electron chi connectivity index (χ3n) is 6.25. The standard InChI is InChI=1S/C26H27N3O2/c1-30-20-11-12-25(31-2)19(17-20)18-27-29-15-13-28(14-16-29)26-23-9-5-3-7-21(23)22-8-4-6-10-24(22)26/h3-12,17-18,26H,13-16H2,1-2H3/b27-18+. The average molecular weight is 414 g/mol. The van der Waals surface area contributed by atoms with Crippen molar-refractivity contribution in [2.75, 3.05) is 40.4 Å². The predicted octanol–water partition coefficient (Wildman–Crippen LogP) is 4.43. The Morgan fingerprint density at radius 2 is 1.45 bits per heavy atom. The Bertz CT molecular complexity index is 1060. The van der Waals surface area contributed by atoms with Crippen LogP contribution >= 0.6 is 0 Å². The summed E-state index contributed by atoms with van der Waals surface area (Å²) in [6, 6.07) is 23.7. The normalized spacial score (nSPS) is 16.4. The van der Waals surface area contributed by atoms with Gasteiger partial charge in [0.25, 0.3) is 0 Å². The molecule has 1 saturated heterocycles. The summed E-state index contributed by atoms with van der Waals surface area (Å²) in [5, 5.41) is 6.87. The van der Waals surface area contributed by atoms with E-state index in [0.717, 1.165) is 43.2 Å². The molecule has 158 valence electrons. The minimum Gasteiger partial charge on any atom is -0.497 e. The Morgan fingerprint density at radius 3 is 2.06 bits per heavy atom. The fourth-order valence-corrected chi connectivity index (χ4v) is 4.69. The molecule has 2 aliphatic rings. The molecule has 1 fully saturated rings. The predicted molar refractivity (Wildman–Crippen MR) is 124 cm³/mol. The van der Waals surface area contributed by atoms with E-state index in [4.69, 9.17) is 14.6 Å². The van der Waals surface area contributed by atoms with Crippen molar-refractivity contribution < 1.29 is 9.47 Å². The van der Waals surface area contributed by atoms with E-state index in [1.165, 1.54) is 22.3 Å². The number of ether oxygens (including phenoxy) is 2. The van der Waals surface area contributed by atoms with Crippen molar-refractivity contribution in [3.63, 3.8) is 0 Å². The highest BCUT2D eigenvalue weighted by Gasteiger charge is 2.33. The lowest BCUT2D eigenvalue weighted by Crippen LogP contribution is -2.45. The summed E-state index contributed by atoms with van der Waals surface area (Å²) in [6.45, 7) is 3.73. The van der Waals surface area contributed by atoms with E-state index in [2.05, 4.69) is 58.4 Å². The first-order valence-corrected chi connectivity index (χ1v) is 10.7. The SMILES string of the molecule is COc1ccc(OC)c(/C=N/N2CCN(C3c4ccccc4-c4ccccc43)CC2)c1. The molecular formula is C26H27N3O2. The molecule has 0 atom stereocenters. The number of nitrogens with zero attached hydrogens (tertiary/aromatic N) is 3. The third kappa shape index (κ3) is 3.66. The van der Waals surface area contributed by atoms with Crippen molar-refractivity contribution in [3.8, 4) is 22.6 Å². The van der Waals surface area contributed by atoms with Crippen molar-refractivity contribution in [1.29, 1.82) is 0 Å². The largest absolute Gasteiger partial charge is 0.497 e. The monoisotopic (exact) mass is 413 g/mol. The summed E-state index contributed by atoms with van der Waals surface area (Å²) in [7, 11) is 3.34. The van der Waals surface area contributed by atoms with Crippen LogP contribution in [-0.4, -0.2) is 56.5 Å². The number of hydrogen-bond acceptors (Lipinski definition) is 5. The molecule has 0 unspecified atom stereocenters. The van der Waals surface area contributed by atoms with Crippen LogP contribution in [0.5, 0.6) is 11.5 Å². The van der Waals surface area contributed by atoms with Crippen molar-refractivity contribution >= 4 is 6.21 Å². The Morgan fingerprint density at radius 1 is 0.806 bits per heavy atom. The maximum atomic E-state index is 5.46. The Labute approximate surface area is 183 Å². The first-order valence-electron chi connectivity index (χ1n) is 10.7. The summed E-state index contributed by atoms with van der Waals surface area (Å²) >= 11 is 0. The lowest BCUT2D eigenvalue weighted by molar-refractivity contribution is 0.114. The molecule has 0 amide bonds. The van der Waals surface area contributed by atoms with Crippen LogP contribution < -0.4 is 9.47 Å². The zero-order valence-electron chi connectivity index (χ0n) is 18.0. The lowest BCUT2D eigenvalue weighted by atomic mass is 10.0. The first kappa shape index (κ1) is 19.6. The van der Waals surface area contributed by atoms with Crippen LogP contribution in [0.2, 0.25) is 0 Å². The van der Waals surface area contributed by atoms with Gasteiger partial charge in [-0.2, -0.15) is 5.10 Å². The van der Waals surface area contributed by atoms with Crippen LogP contribution in [0.3, 0.4) is 0 Å². The Kier molecular flexibility index (Phi) is 5.35. The topological polar surface area (TPSA) is 37.3 Å². The molecule has 0 N–H and O–H groups in total. The van der Waals surface area contributed by atoms with Crippen LogP contribution in [0.4, 0.5) is 0 Å². The molecule has 0 bridgehead atoms. The smallest absolute Gasteiger partial charge is 0.127 e. The molecule has 5 rings (SSSR count).